The van der Waals surface area contributed by atoms with E-state index < -0.39 is 15.8 Å². The number of rotatable bonds is 5. The molecule has 2 heterocycles. The summed E-state index contributed by atoms with van der Waals surface area (Å²) in [6.45, 7) is 1.86. The van der Waals surface area contributed by atoms with Crippen molar-refractivity contribution in [1.82, 2.24) is 19.0 Å². The molecule has 1 aliphatic rings. The topological polar surface area (TPSA) is 71.6 Å². The quantitative estimate of drug-likeness (QED) is 0.575. The van der Waals surface area contributed by atoms with Crippen LogP contribution in [-0.2, 0) is 16.7 Å². The van der Waals surface area contributed by atoms with E-state index in [-0.39, 0.29) is 22.8 Å². The van der Waals surface area contributed by atoms with Gasteiger partial charge in [-0.1, -0.05) is 30.3 Å². The number of sulfonamides is 1. The molecule has 0 amide bonds. The molecule has 2 aromatic carbocycles. The average Bonchev–Trinajstić information content (AvgIpc) is 3.09. The minimum atomic E-state index is -3.86. The predicted octanol–water partition coefficient (Wildman–Crippen LogP) is 2.98. The van der Waals surface area contributed by atoms with E-state index in [4.69, 9.17) is 16.6 Å². The van der Waals surface area contributed by atoms with Crippen LogP contribution in [0.4, 0.5) is 4.39 Å². The molecule has 4 rings (SSSR count). The molecule has 10 heteroatoms. The highest BCUT2D eigenvalue weighted by molar-refractivity contribution is 7.89. The summed E-state index contributed by atoms with van der Waals surface area (Å²) < 4.78 is 47.8. The van der Waals surface area contributed by atoms with Gasteiger partial charge in [0, 0.05) is 31.7 Å². The van der Waals surface area contributed by atoms with Gasteiger partial charge in [0.1, 0.15) is 10.7 Å². The summed E-state index contributed by atoms with van der Waals surface area (Å²) >= 11 is 5.26. The summed E-state index contributed by atoms with van der Waals surface area (Å²) in [5, 5.41) is 4.42. The first-order valence-corrected chi connectivity index (χ1v) is 10.9. The molecule has 1 fully saturated rings. The second-order valence-electron chi connectivity index (χ2n) is 6.63. The van der Waals surface area contributed by atoms with Gasteiger partial charge in [-0.25, -0.2) is 17.5 Å². The van der Waals surface area contributed by atoms with Gasteiger partial charge in [-0.05, 0) is 36.5 Å². The third kappa shape index (κ3) is 4.15. The highest BCUT2D eigenvalue weighted by Gasteiger charge is 2.30. The minimum absolute atomic E-state index is 0.255. The average molecular weight is 435 g/mol. The number of halogens is 1. The van der Waals surface area contributed by atoms with Crippen molar-refractivity contribution in [2.75, 3.05) is 26.2 Å². The van der Waals surface area contributed by atoms with E-state index in [0.29, 0.717) is 25.6 Å². The molecule has 3 aromatic rings. The van der Waals surface area contributed by atoms with Crippen molar-refractivity contribution in [3.63, 3.8) is 0 Å². The number of benzene rings is 2. The first-order valence-electron chi connectivity index (χ1n) is 9.05. The van der Waals surface area contributed by atoms with Gasteiger partial charge < -0.3 is 4.42 Å². The molecule has 0 radical (unpaired) electrons. The Morgan fingerprint density at radius 3 is 2.34 bits per heavy atom. The Labute approximate surface area is 173 Å². The summed E-state index contributed by atoms with van der Waals surface area (Å²) in [4.78, 5) is 1.99. The van der Waals surface area contributed by atoms with Crippen molar-refractivity contribution in [3.05, 3.63) is 65.3 Å². The molecule has 1 aliphatic heterocycles. The van der Waals surface area contributed by atoms with Crippen LogP contribution in [0, 0.1) is 10.7 Å². The third-order valence-corrected chi connectivity index (χ3v) is 6.97. The maximum atomic E-state index is 13.9. The largest absolute Gasteiger partial charge is 0.409 e. The summed E-state index contributed by atoms with van der Waals surface area (Å²) in [5.41, 5.74) is 0.832. The van der Waals surface area contributed by atoms with Crippen molar-refractivity contribution >= 4 is 22.2 Å². The second-order valence-corrected chi connectivity index (χ2v) is 8.89. The lowest BCUT2D eigenvalue weighted by atomic mass is 10.2. The molecule has 0 atom stereocenters. The van der Waals surface area contributed by atoms with Gasteiger partial charge in [0.25, 0.3) is 4.84 Å². The third-order valence-electron chi connectivity index (χ3n) is 4.75. The zero-order valence-electron chi connectivity index (χ0n) is 15.4. The maximum absolute atomic E-state index is 13.9. The fourth-order valence-corrected chi connectivity index (χ4v) is 4.85. The van der Waals surface area contributed by atoms with Crippen molar-refractivity contribution in [3.8, 4) is 11.5 Å². The van der Waals surface area contributed by atoms with Crippen LogP contribution in [0.1, 0.15) is 0 Å². The summed E-state index contributed by atoms with van der Waals surface area (Å²) in [6.07, 6.45) is 0. The standard InChI is InChI=1S/C19H19FN4O3S2/c20-16-8-4-5-9-17(16)29(25,26)23-12-10-22(11-13-23)14-24-19(28)27-18(21-24)15-6-2-1-3-7-15/h1-9H,10-14H2. The van der Waals surface area contributed by atoms with Crippen molar-refractivity contribution in [1.29, 1.82) is 0 Å². The summed E-state index contributed by atoms with van der Waals surface area (Å²) in [5.74, 6) is -0.298. The number of hydrogen-bond acceptors (Lipinski definition) is 6. The van der Waals surface area contributed by atoms with Gasteiger partial charge in [0.15, 0.2) is 0 Å². The molecule has 7 nitrogen and oxygen atoms in total. The van der Waals surface area contributed by atoms with Crippen LogP contribution in [-0.4, -0.2) is 53.6 Å². The predicted molar refractivity (Wildman–Crippen MR) is 107 cm³/mol. The van der Waals surface area contributed by atoms with Crippen LogP contribution in [0.25, 0.3) is 11.5 Å². The zero-order chi connectivity index (χ0) is 20.4. The van der Waals surface area contributed by atoms with E-state index >= 15 is 0 Å². The molecule has 29 heavy (non-hydrogen) atoms. The molecule has 0 bridgehead atoms. The lowest BCUT2D eigenvalue weighted by Gasteiger charge is -2.33. The number of aromatic nitrogens is 2. The molecule has 0 unspecified atom stereocenters. The van der Waals surface area contributed by atoms with E-state index in [1.54, 1.807) is 4.68 Å². The van der Waals surface area contributed by atoms with Crippen molar-refractivity contribution < 1.29 is 17.2 Å². The number of hydrogen-bond donors (Lipinski definition) is 0. The Balaban J connectivity index is 1.43. The van der Waals surface area contributed by atoms with Crippen LogP contribution in [0.3, 0.4) is 0 Å². The van der Waals surface area contributed by atoms with Crippen LogP contribution < -0.4 is 0 Å². The Bertz CT molecular complexity index is 1150. The minimum Gasteiger partial charge on any atom is -0.409 e. The zero-order valence-corrected chi connectivity index (χ0v) is 17.1. The molecule has 0 spiro atoms. The number of nitrogens with zero attached hydrogens (tertiary/aromatic N) is 4. The first-order chi connectivity index (χ1) is 13.9. The Morgan fingerprint density at radius 2 is 1.66 bits per heavy atom. The summed E-state index contributed by atoms with van der Waals surface area (Å²) in [6, 6.07) is 14.9. The Hall–Kier alpha value is -2.40. The normalized spacial score (nSPS) is 16.2. The molecular weight excluding hydrogens is 415 g/mol. The fraction of sp³-hybridized carbons (Fsp3) is 0.263. The van der Waals surface area contributed by atoms with Gasteiger partial charge in [-0.2, -0.15) is 4.31 Å². The van der Waals surface area contributed by atoms with E-state index in [2.05, 4.69) is 5.10 Å². The van der Waals surface area contributed by atoms with Crippen molar-refractivity contribution in [2.24, 2.45) is 0 Å². The van der Waals surface area contributed by atoms with Gasteiger partial charge in [-0.15, -0.1) is 5.10 Å². The maximum Gasteiger partial charge on any atom is 0.288 e. The van der Waals surface area contributed by atoms with Crippen LogP contribution >= 0.6 is 12.2 Å². The van der Waals surface area contributed by atoms with E-state index in [1.807, 2.05) is 35.2 Å². The molecule has 0 saturated carbocycles. The van der Waals surface area contributed by atoms with Crippen LogP contribution in [0.2, 0.25) is 0 Å². The second kappa shape index (κ2) is 8.15. The monoisotopic (exact) mass is 434 g/mol. The highest BCUT2D eigenvalue weighted by atomic mass is 32.2. The van der Waals surface area contributed by atoms with Gasteiger partial charge in [-0.3, -0.25) is 4.90 Å². The molecule has 0 N–H and O–H groups in total. The molecule has 0 aliphatic carbocycles. The highest BCUT2D eigenvalue weighted by Crippen LogP contribution is 2.21. The van der Waals surface area contributed by atoms with Crippen LogP contribution in [0.15, 0.2) is 63.9 Å². The fourth-order valence-electron chi connectivity index (χ4n) is 3.19. The van der Waals surface area contributed by atoms with E-state index in [1.165, 1.54) is 22.5 Å². The van der Waals surface area contributed by atoms with E-state index in [0.717, 1.165) is 11.6 Å². The lowest BCUT2D eigenvalue weighted by Crippen LogP contribution is -2.49. The molecule has 1 aromatic heterocycles. The lowest BCUT2D eigenvalue weighted by molar-refractivity contribution is 0.143. The number of piperazine rings is 1. The van der Waals surface area contributed by atoms with Gasteiger partial charge >= 0.3 is 0 Å². The van der Waals surface area contributed by atoms with Crippen LogP contribution in [0.5, 0.6) is 0 Å². The molecular formula is C19H19FN4O3S2. The van der Waals surface area contributed by atoms with Gasteiger partial charge in [0.05, 0.1) is 6.67 Å². The smallest absolute Gasteiger partial charge is 0.288 e. The first kappa shape index (κ1) is 19.9. The van der Waals surface area contributed by atoms with E-state index in [9.17, 15) is 12.8 Å². The Morgan fingerprint density at radius 1 is 1.00 bits per heavy atom. The summed E-state index contributed by atoms with van der Waals surface area (Å²) in [7, 11) is -3.86. The van der Waals surface area contributed by atoms with Crippen molar-refractivity contribution in [2.45, 2.75) is 11.6 Å². The SMILES string of the molecule is O=S(=O)(c1ccccc1F)N1CCN(Cn2nc(-c3ccccc3)oc2=S)CC1. The molecule has 1 saturated heterocycles. The molecule has 152 valence electrons. The Kier molecular flexibility index (Phi) is 5.59. The van der Waals surface area contributed by atoms with Gasteiger partial charge in [0.2, 0.25) is 15.9 Å².